The molecule has 0 spiro atoms. The molecule has 1 saturated heterocycles. The van der Waals surface area contributed by atoms with Crippen LogP contribution in [0.25, 0.3) is 11.4 Å². The summed E-state index contributed by atoms with van der Waals surface area (Å²) in [5, 5.41) is 4.58. The third-order valence-electron chi connectivity index (χ3n) is 5.03. The van der Waals surface area contributed by atoms with Crippen LogP contribution < -0.4 is 4.72 Å². The average Bonchev–Trinajstić information content (AvgIpc) is 3.29. The van der Waals surface area contributed by atoms with Crippen molar-refractivity contribution in [2.75, 3.05) is 13.6 Å². The number of likely N-dealkylation sites (tertiary alicyclic amines) is 1. The van der Waals surface area contributed by atoms with E-state index in [-0.39, 0.29) is 17.0 Å². The van der Waals surface area contributed by atoms with E-state index < -0.39 is 10.0 Å². The van der Waals surface area contributed by atoms with Crippen molar-refractivity contribution in [2.45, 2.75) is 30.3 Å². The summed E-state index contributed by atoms with van der Waals surface area (Å²) in [5.41, 5.74) is 2.04. The highest BCUT2D eigenvalue weighted by atomic mass is 35.5. The van der Waals surface area contributed by atoms with Gasteiger partial charge in [0.1, 0.15) is 0 Å². The van der Waals surface area contributed by atoms with E-state index in [0.717, 1.165) is 11.1 Å². The zero-order valence-electron chi connectivity index (χ0n) is 16.0. The van der Waals surface area contributed by atoms with E-state index in [1.54, 1.807) is 12.1 Å². The van der Waals surface area contributed by atoms with Gasteiger partial charge in [-0.15, -0.1) is 0 Å². The summed E-state index contributed by atoms with van der Waals surface area (Å²) >= 11 is 5.85. The van der Waals surface area contributed by atoms with Crippen LogP contribution in [0.3, 0.4) is 0 Å². The fourth-order valence-electron chi connectivity index (χ4n) is 3.47. The second-order valence-electron chi connectivity index (χ2n) is 7.29. The van der Waals surface area contributed by atoms with Crippen LogP contribution in [0.1, 0.15) is 23.9 Å². The highest BCUT2D eigenvalue weighted by Crippen LogP contribution is 2.31. The first-order chi connectivity index (χ1) is 13.8. The van der Waals surface area contributed by atoms with Crippen molar-refractivity contribution in [1.82, 2.24) is 19.8 Å². The summed E-state index contributed by atoms with van der Waals surface area (Å²) in [6.07, 6.45) is 0.541. The second-order valence-corrected chi connectivity index (χ2v) is 9.44. The fraction of sp³-hybridized carbons (Fsp3) is 0.300. The molecule has 0 bridgehead atoms. The molecule has 1 aliphatic heterocycles. The lowest BCUT2D eigenvalue weighted by Gasteiger charge is -2.14. The predicted molar refractivity (Wildman–Crippen MR) is 110 cm³/mol. The molecule has 1 aromatic heterocycles. The lowest BCUT2D eigenvalue weighted by Crippen LogP contribution is -2.36. The van der Waals surface area contributed by atoms with E-state index in [0.29, 0.717) is 29.7 Å². The number of nitrogens with zero attached hydrogens (tertiary/aromatic N) is 3. The first kappa shape index (κ1) is 20.0. The van der Waals surface area contributed by atoms with Gasteiger partial charge in [0.25, 0.3) is 0 Å². The smallest absolute Gasteiger partial charge is 0.244 e. The van der Waals surface area contributed by atoms with Crippen LogP contribution in [0.2, 0.25) is 5.02 Å². The average molecular weight is 433 g/mol. The Morgan fingerprint density at radius 1 is 1.14 bits per heavy atom. The minimum atomic E-state index is -3.63. The van der Waals surface area contributed by atoms with Crippen LogP contribution in [0.4, 0.5) is 0 Å². The Balaban J connectivity index is 1.47. The van der Waals surface area contributed by atoms with Gasteiger partial charge in [-0.05, 0) is 44.7 Å². The Kier molecular flexibility index (Phi) is 5.44. The topological polar surface area (TPSA) is 88.3 Å². The largest absolute Gasteiger partial charge is 0.337 e. The molecule has 3 aromatic rings. The van der Waals surface area contributed by atoms with Crippen molar-refractivity contribution < 1.29 is 12.9 Å². The molecule has 2 atom stereocenters. The monoisotopic (exact) mass is 432 g/mol. The van der Waals surface area contributed by atoms with Crippen LogP contribution >= 0.6 is 11.6 Å². The summed E-state index contributed by atoms with van der Waals surface area (Å²) in [6, 6.07) is 13.6. The molecule has 9 heteroatoms. The number of rotatable bonds is 5. The van der Waals surface area contributed by atoms with Crippen molar-refractivity contribution in [3.63, 3.8) is 0 Å². The molecule has 2 unspecified atom stereocenters. The number of halogens is 1. The lowest BCUT2D eigenvalue weighted by atomic mass is 10.1. The Morgan fingerprint density at radius 2 is 1.83 bits per heavy atom. The first-order valence-electron chi connectivity index (χ1n) is 9.20. The van der Waals surface area contributed by atoms with Crippen LogP contribution in [0, 0.1) is 6.92 Å². The number of likely N-dealkylation sites (N-methyl/N-ethyl adjacent to an activating group) is 1. The number of aromatic nitrogens is 2. The molecular weight excluding hydrogens is 412 g/mol. The van der Waals surface area contributed by atoms with Crippen LogP contribution in [0.5, 0.6) is 0 Å². The molecule has 29 heavy (non-hydrogen) atoms. The Hall–Kier alpha value is -2.26. The molecule has 2 heterocycles. The number of hydrogen-bond donors (Lipinski definition) is 1. The van der Waals surface area contributed by atoms with E-state index in [2.05, 4.69) is 14.9 Å². The molecule has 1 fully saturated rings. The van der Waals surface area contributed by atoms with Gasteiger partial charge in [0, 0.05) is 23.2 Å². The molecular formula is C20H21ClN4O3S. The van der Waals surface area contributed by atoms with Gasteiger partial charge in [-0.3, -0.25) is 4.90 Å². The number of hydrogen-bond acceptors (Lipinski definition) is 6. The normalized spacial score (nSPS) is 20.2. The molecule has 0 radical (unpaired) electrons. The standard InChI is InChI=1S/C20H21ClN4O3S/c1-13-3-5-14(6-4-13)19-22-20(28-23-19)18-11-16(12-25(18)2)24-29(26,27)17-9-7-15(21)8-10-17/h3-10,16,18,24H,11-12H2,1-2H3. The van der Waals surface area contributed by atoms with Crippen molar-refractivity contribution in [3.8, 4) is 11.4 Å². The van der Waals surface area contributed by atoms with Gasteiger partial charge >= 0.3 is 0 Å². The van der Waals surface area contributed by atoms with Gasteiger partial charge in [-0.1, -0.05) is 46.6 Å². The van der Waals surface area contributed by atoms with Crippen molar-refractivity contribution in [1.29, 1.82) is 0 Å². The molecule has 0 saturated carbocycles. The maximum Gasteiger partial charge on any atom is 0.244 e. The number of aryl methyl sites for hydroxylation is 1. The van der Waals surface area contributed by atoms with Crippen LogP contribution in [0.15, 0.2) is 57.9 Å². The Bertz CT molecular complexity index is 1100. The number of sulfonamides is 1. The molecule has 1 aliphatic rings. The predicted octanol–water partition coefficient (Wildman–Crippen LogP) is 3.42. The van der Waals surface area contributed by atoms with E-state index in [1.807, 2.05) is 43.1 Å². The zero-order valence-corrected chi connectivity index (χ0v) is 17.6. The summed E-state index contributed by atoms with van der Waals surface area (Å²) in [5.74, 6) is 1.01. The van der Waals surface area contributed by atoms with E-state index in [9.17, 15) is 8.42 Å². The highest BCUT2D eigenvalue weighted by molar-refractivity contribution is 7.89. The Labute approximate surface area is 174 Å². The number of nitrogens with one attached hydrogen (secondary N) is 1. The minimum Gasteiger partial charge on any atom is -0.337 e. The lowest BCUT2D eigenvalue weighted by molar-refractivity contribution is 0.244. The second kappa shape index (κ2) is 7.87. The van der Waals surface area contributed by atoms with Gasteiger partial charge in [0.15, 0.2) is 0 Å². The van der Waals surface area contributed by atoms with Crippen molar-refractivity contribution >= 4 is 21.6 Å². The van der Waals surface area contributed by atoms with E-state index >= 15 is 0 Å². The summed E-state index contributed by atoms with van der Waals surface area (Å²) in [7, 11) is -1.72. The van der Waals surface area contributed by atoms with Crippen molar-refractivity contribution in [3.05, 3.63) is 65.0 Å². The molecule has 1 N–H and O–H groups in total. The first-order valence-corrected chi connectivity index (χ1v) is 11.1. The van der Waals surface area contributed by atoms with Gasteiger partial charge in [0.05, 0.1) is 10.9 Å². The SMILES string of the molecule is Cc1ccc(-c2noc(C3CC(NS(=O)(=O)c4ccc(Cl)cc4)CN3C)n2)cc1. The number of benzene rings is 2. The molecule has 4 rings (SSSR count). The Morgan fingerprint density at radius 3 is 2.52 bits per heavy atom. The third-order valence-corrected chi connectivity index (χ3v) is 6.82. The van der Waals surface area contributed by atoms with Crippen LogP contribution in [-0.4, -0.2) is 43.1 Å². The van der Waals surface area contributed by atoms with Gasteiger partial charge in [-0.2, -0.15) is 4.98 Å². The van der Waals surface area contributed by atoms with Gasteiger partial charge < -0.3 is 4.52 Å². The van der Waals surface area contributed by atoms with Crippen LogP contribution in [-0.2, 0) is 10.0 Å². The maximum absolute atomic E-state index is 12.6. The van der Waals surface area contributed by atoms with E-state index in [4.69, 9.17) is 16.1 Å². The summed E-state index contributed by atoms with van der Waals surface area (Å²) in [6.45, 7) is 2.56. The maximum atomic E-state index is 12.6. The third kappa shape index (κ3) is 4.35. The minimum absolute atomic E-state index is 0.153. The van der Waals surface area contributed by atoms with Gasteiger partial charge in [-0.25, -0.2) is 13.1 Å². The molecule has 7 nitrogen and oxygen atoms in total. The van der Waals surface area contributed by atoms with Gasteiger partial charge in [0.2, 0.25) is 21.7 Å². The highest BCUT2D eigenvalue weighted by Gasteiger charge is 2.36. The molecule has 0 amide bonds. The molecule has 0 aliphatic carbocycles. The summed E-state index contributed by atoms with van der Waals surface area (Å²) in [4.78, 5) is 6.73. The molecule has 2 aromatic carbocycles. The zero-order chi connectivity index (χ0) is 20.6. The summed E-state index contributed by atoms with van der Waals surface area (Å²) < 4.78 is 33.5. The van der Waals surface area contributed by atoms with Crippen molar-refractivity contribution in [2.24, 2.45) is 0 Å². The fourth-order valence-corrected chi connectivity index (χ4v) is 4.83. The quantitative estimate of drug-likeness (QED) is 0.664. The molecule has 152 valence electrons. The van der Waals surface area contributed by atoms with E-state index in [1.165, 1.54) is 12.1 Å².